The Hall–Kier alpha value is -6.81. The number of hydrogen-bond donors (Lipinski definition) is 0. The second kappa shape index (κ2) is 19.5. The van der Waals surface area contributed by atoms with Crippen molar-refractivity contribution in [3.63, 3.8) is 0 Å². The topological polar surface area (TPSA) is 35.9 Å². The molecular formula is C68H68N4OPt-2. The van der Waals surface area contributed by atoms with Gasteiger partial charge in [-0.2, -0.15) is 6.07 Å². The number of hydrogen-bond acceptors (Lipinski definition) is 2. The van der Waals surface area contributed by atoms with Crippen LogP contribution in [-0.2, 0) is 48.1 Å². The molecule has 3 heterocycles. The Morgan fingerprint density at radius 3 is 1.73 bits per heavy atom. The molecule has 0 aliphatic rings. The Labute approximate surface area is 454 Å². The molecule has 10 rings (SSSR count). The van der Waals surface area contributed by atoms with E-state index in [9.17, 15) is 0 Å². The zero-order chi connectivity index (χ0) is 51.7. The van der Waals surface area contributed by atoms with Crippen molar-refractivity contribution >= 4 is 21.8 Å². The van der Waals surface area contributed by atoms with Crippen LogP contribution in [0.1, 0.15) is 129 Å². The normalized spacial score (nSPS) is 12.6. The van der Waals surface area contributed by atoms with E-state index in [-0.39, 0.29) is 37.3 Å². The van der Waals surface area contributed by atoms with Crippen LogP contribution in [0, 0.1) is 18.5 Å². The van der Waals surface area contributed by atoms with E-state index in [1.54, 1.807) is 0 Å². The molecule has 0 atom stereocenters. The molecule has 0 saturated carbocycles. The molecule has 10 aromatic rings. The van der Waals surface area contributed by atoms with Gasteiger partial charge in [0.15, 0.2) is 0 Å². The second-order valence-corrected chi connectivity index (χ2v) is 23.9. The summed E-state index contributed by atoms with van der Waals surface area (Å²) >= 11 is 0. The third-order valence-corrected chi connectivity index (χ3v) is 14.8. The second-order valence-electron chi connectivity index (χ2n) is 23.9. The number of rotatable bonds is 10. The fourth-order valence-electron chi connectivity index (χ4n) is 10.2. The molecule has 5 nitrogen and oxygen atoms in total. The van der Waals surface area contributed by atoms with Crippen molar-refractivity contribution in [1.29, 1.82) is 0 Å². The molecule has 0 aliphatic carbocycles. The predicted octanol–water partition coefficient (Wildman–Crippen LogP) is 16.6. The minimum Gasteiger partial charge on any atom is -0.510 e. The van der Waals surface area contributed by atoms with Crippen LogP contribution in [0.25, 0.3) is 50.1 Å². The zero-order valence-electron chi connectivity index (χ0n) is 45.3. The summed E-state index contributed by atoms with van der Waals surface area (Å²) in [5, 5.41) is 2.26. The minimum atomic E-state index is -0.436. The van der Waals surface area contributed by atoms with Gasteiger partial charge in [-0.3, -0.25) is 4.57 Å². The standard InChI is InChI=1S/C68H68N4O.Pt/c1-64(2,3)50-33-34-69-62(40-50)72-59-32-24-23-31-57(59)63-58(68(12,13)49-29-21-16-22-30-49)42-56(43-60(63)72)73-55-39-52(67(10,11)48-27-19-15-20-28-48)38-54(41-55)71-45-70(44-61(71)66(7,8)9)53-36-47(46-25-17-14-18-26-46)35-51(37-53)65(4,5)6;/h14-40,42,44H,1-13H3;/q-2;. The maximum Gasteiger partial charge on any atom is 0.267 e. The van der Waals surface area contributed by atoms with Crippen LogP contribution < -0.4 is 9.30 Å². The fourth-order valence-corrected chi connectivity index (χ4v) is 10.2. The van der Waals surface area contributed by atoms with Gasteiger partial charge in [-0.1, -0.05) is 216 Å². The van der Waals surface area contributed by atoms with Gasteiger partial charge in [-0.25, -0.2) is 4.98 Å². The average molecular weight is 1150 g/mol. The summed E-state index contributed by atoms with van der Waals surface area (Å²) in [7, 11) is 0. The molecule has 0 N–H and O–H groups in total. The van der Waals surface area contributed by atoms with Crippen LogP contribution in [0.5, 0.6) is 11.5 Å². The molecule has 0 unspecified atom stereocenters. The van der Waals surface area contributed by atoms with E-state index in [1.807, 2.05) is 6.20 Å². The van der Waals surface area contributed by atoms with Crippen LogP contribution in [0.3, 0.4) is 0 Å². The maximum atomic E-state index is 7.31. The maximum absolute atomic E-state index is 7.31. The Bertz CT molecular complexity index is 3640. The van der Waals surface area contributed by atoms with E-state index in [0.29, 0.717) is 11.5 Å². The van der Waals surface area contributed by atoms with E-state index in [2.05, 4.69) is 292 Å². The van der Waals surface area contributed by atoms with Crippen molar-refractivity contribution in [1.82, 2.24) is 14.1 Å². The molecule has 74 heavy (non-hydrogen) atoms. The Morgan fingerprint density at radius 1 is 0.500 bits per heavy atom. The van der Waals surface area contributed by atoms with Crippen LogP contribution in [0.4, 0.5) is 0 Å². The third-order valence-electron chi connectivity index (χ3n) is 14.8. The molecule has 7 aromatic carbocycles. The van der Waals surface area contributed by atoms with Crippen LogP contribution >= 0.6 is 0 Å². The van der Waals surface area contributed by atoms with Gasteiger partial charge in [-0.15, -0.1) is 35.4 Å². The van der Waals surface area contributed by atoms with Gasteiger partial charge < -0.3 is 13.9 Å². The number of para-hydroxylation sites is 1. The molecule has 0 aliphatic heterocycles. The molecule has 378 valence electrons. The summed E-state index contributed by atoms with van der Waals surface area (Å²) in [6, 6.07) is 66.4. The van der Waals surface area contributed by atoms with E-state index in [0.717, 1.165) is 55.8 Å². The summed E-state index contributed by atoms with van der Waals surface area (Å²) in [4.78, 5) is 5.05. The van der Waals surface area contributed by atoms with Gasteiger partial charge in [0.05, 0.1) is 11.4 Å². The minimum absolute atomic E-state index is 0. The molecule has 0 bridgehead atoms. The van der Waals surface area contributed by atoms with Crippen LogP contribution in [0.2, 0.25) is 0 Å². The van der Waals surface area contributed by atoms with Crippen LogP contribution in [-0.4, -0.2) is 14.1 Å². The van der Waals surface area contributed by atoms with Gasteiger partial charge >= 0.3 is 0 Å². The number of aromatic nitrogens is 4. The van der Waals surface area contributed by atoms with Crippen molar-refractivity contribution in [2.45, 2.75) is 117 Å². The summed E-state index contributed by atoms with van der Waals surface area (Å²) in [5.41, 5.74) is 13.1. The van der Waals surface area contributed by atoms with E-state index in [1.165, 1.54) is 33.4 Å². The Balaban J connectivity index is 0.00000672. The summed E-state index contributed by atoms with van der Waals surface area (Å²) < 4.78 is 13.9. The van der Waals surface area contributed by atoms with Crippen molar-refractivity contribution in [2.75, 3.05) is 0 Å². The Morgan fingerprint density at radius 2 is 1.09 bits per heavy atom. The quantitative estimate of drug-likeness (QED) is 0.101. The largest absolute Gasteiger partial charge is 0.510 e. The van der Waals surface area contributed by atoms with Gasteiger partial charge in [0.2, 0.25) is 0 Å². The van der Waals surface area contributed by atoms with Crippen molar-refractivity contribution in [3.8, 4) is 39.8 Å². The Kier molecular flexibility index (Phi) is 13.7. The molecule has 0 saturated heterocycles. The summed E-state index contributed by atoms with van der Waals surface area (Å²) in [5.74, 6) is 2.01. The van der Waals surface area contributed by atoms with Crippen molar-refractivity contribution in [2.24, 2.45) is 0 Å². The van der Waals surface area contributed by atoms with Crippen molar-refractivity contribution in [3.05, 3.63) is 234 Å². The fraction of sp³-hybridized carbons (Fsp3) is 0.265. The summed E-state index contributed by atoms with van der Waals surface area (Å²) in [6.45, 7) is 29.5. The van der Waals surface area contributed by atoms with E-state index >= 15 is 0 Å². The molecule has 0 radical (unpaired) electrons. The first kappa shape index (κ1) is 52.1. The number of fused-ring (bicyclic) bond motifs is 3. The smallest absolute Gasteiger partial charge is 0.267 e. The summed E-state index contributed by atoms with van der Waals surface area (Å²) in [6.07, 6.45) is 8.01. The van der Waals surface area contributed by atoms with Crippen molar-refractivity contribution < 1.29 is 30.4 Å². The zero-order valence-corrected chi connectivity index (χ0v) is 47.5. The number of imidazole rings is 1. The van der Waals surface area contributed by atoms with Gasteiger partial charge in [0, 0.05) is 50.5 Å². The monoisotopic (exact) mass is 1150 g/mol. The first-order valence-corrected chi connectivity index (χ1v) is 25.7. The first-order chi connectivity index (χ1) is 34.6. The molecule has 0 spiro atoms. The average Bonchev–Trinajstić information content (AvgIpc) is 3.98. The first-order valence-electron chi connectivity index (χ1n) is 25.7. The van der Waals surface area contributed by atoms with Gasteiger partial charge in [-0.05, 0) is 102 Å². The number of ether oxygens (including phenoxy) is 1. The van der Waals surface area contributed by atoms with Gasteiger partial charge in [0.1, 0.15) is 5.82 Å². The van der Waals surface area contributed by atoms with Crippen LogP contribution in [0.15, 0.2) is 176 Å². The SMILES string of the molecule is CC(C)(C)c1cc(-c2ccccc2)cc(-[n+]2[c-]n(-c3[c-]c(Oc4[c-]c5c(c(C(C)(C)c6ccccc6)c4)c4ccccc4n5-c4cc(C(C)(C)C)ccn4)cc(C(C)(C)c4ccccc4)c3)c(C(C)(C)C)c2)c1.[Pt]. The number of nitrogens with zero attached hydrogens (tertiary/aromatic N) is 4. The van der Waals surface area contributed by atoms with Gasteiger partial charge in [0.25, 0.3) is 6.33 Å². The van der Waals surface area contributed by atoms with E-state index in [4.69, 9.17) is 9.72 Å². The molecule has 6 heteroatoms. The molecule has 3 aromatic heterocycles. The number of pyridine rings is 1. The molecule has 0 amide bonds. The molecule has 0 fully saturated rings. The third kappa shape index (κ3) is 9.96. The number of benzene rings is 7. The predicted molar refractivity (Wildman–Crippen MR) is 301 cm³/mol. The van der Waals surface area contributed by atoms with E-state index < -0.39 is 10.8 Å². The molecular weight excluding hydrogens is 1080 g/mol.